The lowest BCUT2D eigenvalue weighted by Gasteiger charge is -2.41. The van der Waals surface area contributed by atoms with Crippen molar-refractivity contribution in [3.8, 4) is 0 Å². The van der Waals surface area contributed by atoms with Crippen molar-refractivity contribution in [3.05, 3.63) is 17.0 Å². The van der Waals surface area contributed by atoms with Crippen molar-refractivity contribution in [1.29, 1.82) is 0 Å². The lowest BCUT2D eigenvalue weighted by Crippen LogP contribution is -2.54. The number of likely N-dealkylation sites (tertiary alicyclic amines) is 1. The van der Waals surface area contributed by atoms with Gasteiger partial charge in [-0.05, 0) is 59.5 Å². The van der Waals surface area contributed by atoms with Crippen LogP contribution in [0.3, 0.4) is 0 Å². The number of aryl methyl sites for hydroxylation is 2. The highest BCUT2D eigenvalue weighted by atomic mass is 15.3. The van der Waals surface area contributed by atoms with Crippen LogP contribution in [0.4, 0.5) is 0 Å². The second-order valence-electron chi connectivity index (χ2n) is 8.11. The third kappa shape index (κ3) is 5.71. The summed E-state index contributed by atoms with van der Waals surface area (Å²) >= 11 is 0. The molecule has 1 aromatic rings. The van der Waals surface area contributed by atoms with Crippen LogP contribution in [0.5, 0.6) is 0 Å². The summed E-state index contributed by atoms with van der Waals surface area (Å²) in [6.07, 6.45) is 5.94. The van der Waals surface area contributed by atoms with Crippen LogP contribution >= 0.6 is 0 Å². The van der Waals surface area contributed by atoms with Gasteiger partial charge < -0.3 is 10.6 Å². The molecule has 1 aliphatic rings. The molecular formula is C21H40N6. The summed E-state index contributed by atoms with van der Waals surface area (Å²) in [6.45, 7) is 16.0. The van der Waals surface area contributed by atoms with E-state index >= 15 is 0 Å². The Hall–Kier alpha value is -1.56. The van der Waals surface area contributed by atoms with E-state index in [2.05, 4.69) is 55.3 Å². The molecule has 1 saturated heterocycles. The van der Waals surface area contributed by atoms with Gasteiger partial charge in [-0.1, -0.05) is 20.3 Å². The largest absolute Gasteiger partial charge is 0.357 e. The summed E-state index contributed by atoms with van der Waals surface area (Å²) in [7, 11) is 2.04. The number of piperidine rings is 1. The Kier molecular flexibility index (Phi) is 8.14. The first-order valence-electron chi connectivity index (χ1n) is 10.7. The van der Waals surface area contributed by atoms with Crippen molar-refractivity contribution in [3.63, 3.8) is 0 Å². The molecule has 0 unspecified atom stereocenters. The van der Waals surface area contributed by atoms with Gasteiger partial charge in [0.05, 0.1) is 12.2 Å². The van der Waals surface area contributed by atoms with Gasteiger partial charge in [-0.15, -0.1) is 0 Å². The Bertz CT molecular complexity index is 610. The van der Waals surface area contributed by atoms with Crippen LogP contribution in [0.15, 0.2) is 4.99 Å². The third-order valence-corrected chi connectivity index (χ3v) is 5.67. The predicted octanol–water partition coefficient (Wildman–Crippen LogP) is 2.86. The van der Waals surface area contributed by atoms with Gasteiger partial charge >= 0.3 is 0 Å². The van der Waals surface area contributed by atoms with E-state index < -0.39 is 0 Å². The molecule has 154 valence electrons. The van der Waals surface area contributed by atoms with Crippen molar-refractivity contribution in [2.75, 3.05) is 26.2 Å². The predicted molar refractivity (Wildman–Crippen MR) is 114 cm³/mol. The van der Waals surface area contributed by atoms with Gasteiger partial charge in [0.1, 0.15) is 0 Å². The van der Waals surface area contributed by atoms with Crippen LogP contribution in [0, 0.1) is 0 Å². The van der Waals surface area contributed by atoms with Crippen molar-refractivity contribution in [1.82, 2.24) is 25.3 Å². The van der Waals surface area contributed by atoms with Gasteiger partial charge in [-0.3, -0.25) is 9.58 Å². The molecule has 6 nitrogen and oxygen atoms in total. The summed E-state index contributed by atoms with van der Waals surface area (Å²) in [5.41, 5.74) is 3.88. The van der Waals surface area contributed by atoms with E-state index in [0.29, 0.717) is 6.54 Å². The number of nitrogens with one attached hydrogen (secondary N) is 2. The number of aliphatic imine (C=N–C) groups is 1. The quantitative estimate of drug-likeness (QED) is 0.541. The summed E-state index contributed by atoms with van der Waals surface area (Å²) in [4.78, 5) is 7.49. The molecule has 1 aromatic heterocycles. The van der Waals surface area contributed by atoms with Crippen molar-refractivity contribution < 1.29 is 0 Å². The van der Waals surface area contributed by atoms with Crippen LogP contribution in [-0.2, 0) is 26.4 Å². The molecule has 2 rings (SSSR count). The third-order valence-electron chi connectivity index (χ3n) is 5.67. The van der Waals surface area contributed by atoms with E-state index in [1.807, 2.05) is 11.7 Å². The standard InChI is InChI=1S/C21H40N6/c1-7-18-17(19(8-2)26(6)25-18)15-23-20(22-9-3)24-16-21(4,5)27-13-11-10-12-14-27/h7-16H2,1-6H3,(H2,22,23,24). The van der Waals surface area contributed by atoms with Crippen molar-refractivity contribution in [2.24, 2.45) is 12.0 Å². The Morgan fingerprint density at radius 1 is 1.07 bits per heavy atom. The maximum atomic E-state index is 4.89. The monoisotopic (exact) mass is 376 g/mol. The number of nitrogens with zero attached hydrogens (tertiary/aromatic N) is 4. The lowest BCUT2D eigenvalue weighted by atomic mass is 9.98. The fraction of sp³-hybridized carbons (Fsp3) is 0.810. The highest BCUT2D eigenvalue weighted by Gasteiger charge is 2.27. The molecule has 1 fully saturated rings. The van der Waals surface area contributed by atoms with Crippen LogP contribution in [0.2, 0.25) is 0 Å². The minimum absolute atomic E-state index is 0.133. The molecule has 0 radical (unpaired) electrons. The van der Waals surface area contributed by atoms with E-state index in [0.717, 1.165) is 31.9 Å². The fourth-order valence-corrected chi connectivity index (χ4v) is 3.98. The summed E-state index contributed by atoms with van der Waals surface area (Å²) in [6, 6.07) is 0. The van der Waals surface area contributed by atoms with E-state index in [9.17, 15) is 0 Å². The average Bonchev–Trinajstić information content (AvgIpc) is 2.99. The zero-order chi connectivity index (χ0) is 19.9. The summed E-state index contributed by atoms with van der Waals surface area (Å²) < 4.78 is 2.02. The SMILES string of the molecule is CCNC(=NCc1c(CC)nn(C)c1CC)NCC(C)(C)N1CCCCC1. The summed E-state index contributed by atoms with van der Waals surface area (Å²) in [5.74, 6) is 0.899. The van der Waals surface area contributed by atoms with Gasteiger partial charge in [0.15, 0.2) is 5.96 Å². The van der Waals surface area contributed by atoms with E-state index in [-0.39, 0.29) is 5.54 Å². The van der Waals surface area contributed by atoms with E-state index in [4.69, 9.17) is 4.99 Å². The highest BCUT2D eigenvalue weighted by Crippen LogP contribution is 2.20. The summed E-state index contributed by atoms with van der Waals surface area (Å²) in [5, 5.41) is 11.7. The second-order valence-corrected chi connectivity index (χ2v) is 8.11. The minimum atomic E-state index is 0.133. The molecule has 0 aromatic carbocycles. The van der Waals surface area contributed by atoms with E-state index in [1.165, 1.54) is 49.3 Å². The maximum absolute atomic E-state index is 4.89. The van der Waals surface area contributed by atoms with Crippen molar-refractivity contribution >= 4 is 5.96 Å². The second kappa shape index (κ2) is 10.1. The molecule has 27 heavy (non-hydrogen) atoms. The topological polar surface area (TPSA) is 57.5 Å². The molecule has 0 saturated carbocycles. The Morgan fingerprint density at radius 3 is 2.37 bits per heavy atom. The molecule has 1 aliphatic heterocycles. The van der Waals surface area contributed by atoms with Gasteiger partial charge in [0.2, 0.25) is 0 Å². The first-order chi connectivity index (χ1) is 12.9. The molecule has 0 aliphatic carbocycles. The first kappa shape index (κ1) is 21.7. The first-order valence-corrected chi connectivity index (χ1v) is 10.7. The Balaban J connectivity index is 2.06. The molecule has 2 N–H and O–H groups in total. The lowest BCUT2D eigenvalue weighted by molar-refractivity contribution is 0.0982. The van der Waals surface area contributed by atoms with Crippen LogP contribution < -0.4 is 10.6 Å². The normalized spacial score (nSPS) is 16.6. The minimum Gasteiger partial charge on any atom is -0.357 e. The molecule has 0 spiro atoms. The number of rotatable bonds is 8. The van der Waals surface area contributed by atoms with Gasteiger partial charge in [-0.25, -0.2) is 4.99 Å². The van der Waals surface area contributed by atoms with Gasteiger partial charge in [0, 0.05) is 36.9 Å². The highest BCUT2D eigenvalue weighted by molar-refractivity contribution is 5.79. The van der Waals surface area contributed by atoms with Crippen molar-refractivity contribution in [2.45, 2.75) is 78.8 Å². The zero-order valence-electron chi connectivity index (χ0n) is 18.4. The number of hydrogen-bond acceptors (Lipinski definition) is 3. The Labute approximate surface area is 165 Å². The van der Waals surface area contributed by atoms with Gasteiger partial charge in [-0.2, -0.15) is 5.10 Å². The number of guanidine groups is 1. The molecule has 0 atom stereocenters. The van der Waals surface area contributed by atoms with Crippen LogP contribution in [0.25, 0.3) is 0 Å². The molecule has 0 bridgehead atoms. The van der Waals surface area contributed by atoms with Crippen LogP contribution in [0.1, 0.15) is 70.8 Å². The smallest absolute Gasteiger partial charge is 0.191 e. The van der Waals surface area contributed by atoms with E-state index in [1.54, 1.807) is 0 Å². The number of hydrogen-bond donors (Lipinski definition) is 2. The molecular weight excluding hydrogens is 336 g/mol. The molecule has 0 amide bonds. The maximum Gasteiger partial charge on any atom is 0.191 e. The average molecular weight is 377 g/mol. The molecule has 6 heteroatoms. The number of aromatic nitrogens is 2. The van der Waals surface area contributed by atoms with Crippen LogP contribution in [-0.4, -0.2) is 52.4 Å². The molecule has 2 heterocycles. The van der Waals surface area contributed by atoms with Gasteiger partial charge in [0.25, 0.3) is 0 Å². The Morgan fingerprint density at radius 2 is 1.78 bits per heavy atom. The zero-order valence-corrected chi connectivity index (χ0v) is 18.4. The fourth-order valence-electron chi connectivity index (χ4n) is 3.98.